The summed E-state index contributed by atoms with van der Waals surface area (Å²) in [5.74, 6) is 1.38. The predicted molar refractivity (Wildman–Crippen MR) is 121 cm³/mol. The third kappa shape index (κ3) is 5.73. The lowest BCUT2D eigenvalue weighted by Gasteiger charge is -2.13. The van der Waals surface area contributed by atoms with E-state index in [1.807, 2.05) is 73.9 Å². The van der Waals surface area contributed by atoms with Gasteiger partial charge in [-0.3, -0.25) is 9.36 Å². The fraction of sp³-hybridized carbons (Fsp3) is 0.261. The fourth-order valence-electron chi connectivity index (χ4n) is 2.77. The van der Waals surface area contributed by atoms with Gasteiger partial charge in [-0.2, -0.15) is 0 Å². The number of benzene rings is 2. The van der Waals surface area contributed by atoms with Gasteiger partial charge in [0.1, 0.15) is 12.4 Å². The van der Waals surface area contributed by atoms with Crippen LogP contribution in [0, 0.1) is 13.8 Å². The zero-order chi connectivity index (χ0) is 21.5. The summed E-state index contributed by atoms with van der Waals surface area (Å²) in [5, 5.41) is 11.8. The number of aromatic nitrogens is 3. The van der Waals surface area contributed by atoms with Gasteiger partial charge in [0.25, 0.3) is 0 Å². The van der Waals surface area contributed by atoms with Crippen LogP contribution in [-0.2, 0) is 17.9 Å². The largest absolute Gasteiger partial charge is 0.486 e. The molecule has 0 saturated carbocycles. The molecule has 0 aliphatic rings. The van der Waals surface area contributed by atoms with E-state index in [2.05, 4.69) is 22.1 Å². The molecule has 6 nitrogen and oxygen atoms in total. The van der Waals surface area contributed by atoms with Crippen LogP contribution in [0.4, 0.5) is 5.69 Å². The molecular formula is C23H26N4O2S. The van der Waals surface area contributed by atoms with Crippen LogP contribution in [0.1, 0.15) is 23.9 Å². The minimum Gasteiger partial charge on any atom is -0.486 e. The molecule has 0 spiro atoms. The summed E-state index contributed by atoms with van der Waals surface area (Å²) in [5.41, 5.74) is 3.05. The Morgan fingerprint density at radius 1 is 1.20 bits per heavy atom. The number of thioether (sulfide) groups is 1. The second-order valence-corrected chi connectivity index (χ2v) is 8.33. The van der Waals surface area contributed by atoms with Gasteiger partial charge in [-0.25, -0.2) is 0 Å². The van der Waals surface area contributed by atoms with Crippen molar-refractivity contribution in [3.8, 4) is 5.75 Å². The number of anilines is 1. The number of nitrogens with zero attached hydrogens (tertiary/aromatic N) is 3. The van der Waals surface area contributed by atoms with Crippen LogP contribution < -0.4 is 10.1 Å². The van der Waals surface area contributed by atoms with Crippen molar-refractivity contribution < 1.29 is 9.53 Å². The Morgan fingerprint density at radius 3 is 2.67 bits per heavy atom. The Hall–Kier alpha value is -3.06. The number of ether oxygens (including phenoxy) is 1. The van der Waals surface area contributed by atoms with E-state index in [1.54, 1.807) is 6.08 Å². The van der Waals surface area contributed by atoms with E-state index < -0.39 is 0 Å². The van der Waals surface area contributed by atoms with Crippen LogP contribution in [0.5, 0.6) is 5.75 Å². The lowest BCUT2D eigenvalue weighted by Crippen LogP contribution is -2.23. The van der Waals surface area contributed by atoms with Gasteiger partial charge in [-0.1, -0.05) is 47.7 Å². The molecule has 0 aliphatic heterocycles. The monoisotopic (exact) mass is 422 g/mol. The number of carbonyl (C=O) groups is 1. The van der Waals surface area contributed by atoms with Crippen LogP contribution in [0.2, 0.25) is 0 Å². The summed E-state index contributed by atoms with van der Waals surface area (Å²) in [6, 6.07) is 15.6. The van der Waals surface area contributed by atoms with Crippen LogP contribution in [0.15, 0.2) is 66.3 Å². The Balaban J connectivity index is 1.66. The molecule has 1 heterocycles. The Morgan fingerprint density at radius 2 is 1.97 bits per heavy atom. The zero-order valence-corrected chi connectivity index (χ0v) is 18.3. The SMILES string of the molecule is C=CCn1c(COc2cccc(C)c2)nnc1S[C@@H](C)C(=O)Nc1ccc(C)cc1. The maximum absolute atomic E-state index is 12.6. The summed E-state index contributed by atoms with van der Waals surface area (Å²) in [7, 11) is 0. The minimum atomic E-state index is -0.343. The molecule has 1 N–H and O–H groups in total. The first-order valence-electron chi connectivity index (χ1n) is 9.73. The summed E-state index contributed by atoms with van der Waals surface area (Å²) < 4.78 is 7.79. The van der Waals surface area contributed by atoms with Crippen LogP contribution in [0.25, 0.3) is 0 Å². The molecule has 1 amide bonds. The molecule has 7 heteroatoms. The van der Waals surface area contributed by atoms with E-state index in [-0.39, 0.29) is 17.8 Å². The highest BCUT2D eigenvalue weighted by atomic mass is 32.2. The molecule has 2 aromatic carbocycles. The molecule has 3 aromatic rings. The molecular weight excluding hydrogens is 396 g/mol. The van der Waals surface area contributed by atoms with Gasteiger partial charge >= 0.3 is 0 Å². The van der Waals surface area contributed by atoms with Gasteiger partial charge in [0.15, 0.2) is 11.0 Å². The lowest BCUT2D eigenvalue weighted by molar-refractivity contribution is -0.115. The van der Waals surface area contributed by atoms with E-state index in [9.17, 15) is 4.79 Å². The first kappa shape index (κ1) is 21.6. The zero-order valence-electron chi connectivity index (χ0n) is 17.5. The third-order valence-corrected chi connectivity index (χ3v) is 5.51. The highest BCUT2D eigenvalue weighted by molar-refractivity contribution is 8.00. The molecule has 156 valence electrons. The van der Waals surface area contributed by atoms with Gasteiger partial charge in [-0.15, -0.1) is 16.8 Å². The van der Waals surface area contributed by atoms with E-state index in [0.29, 0.717) is 17.5 Å². The van der Waals surface area contributed by atoms with Crippen molar-refractivity contribution in [3.05, 3.63) is 78.1 Å². The van der Waals surface area contributed by atoms with Crippen molar-refractivity contribution in [3.63, 3.8) is 0 Å². The predicted octanol–water partition coefficient (Wildman–Crippen LogP) is 4.78. The molecule has 0 aliphatic carbocycles. The van der Waals surface area contributed by atoms with Crippen molar-refractivity contribution in [2.24, 2.45) is 0 Å². The van der Waals surface area contributed by atoms with Crippen LogP contribution in [0.3, 0.4) is 0 Å². The number of rotatable bonds is 9. The highest BCUT2D eigenvalue weighted by Gasteiger charge is 2.20. The number of allylic oxidation sites excluding steroid dienone is 1. The summed E-state index contributed by atoms with van der Waals surface area (Å²) >= 11 is 1.36. The second kappa shape index (κ2) is 10.1. The maximum atomic E-state index is 12.6. The number of hydrogen-bond acceptors (Lipinski definition) is 5. The normalized spacial score (nSPS) is 11.7. The average molecular weight is 423 g/mol. The fourth-order valence-corrected chi connectivity index (χ4v) is 3.65. The van der Waals surface area contributed by atoms with Crippen LogP contribution >= 0.6 is 11.8 Å². The maximum Gasteiger partial charge on any atom is 0.237 e. The van der Waals surface area contributed by atoms with E-state index >= 15 is 0 Å². The van der Waals surface area contributed by atoms with Gasteiger partial charge in [0, 0.05) is 12.2 Å². The molecule has 1 aromatic heterocycles. The number of amides is 1. The highest BCUT2D eigenvalue weighted by Crippen LogP contribution is 2.24. The Kier molecular flexibility index (Phi) is 7.30. The Labute approximate surface area is 181 Å². The molecule has 0 radical (unpaired) electrons. The lowest BCUT2D eigenvalue weighted by atomic mass is 10.2. The smallest absolute Gasteiger partial charge is 0.237 e. The second-order valence-electron chi connectivity index (χ2n) is 7.02. The molecule has 3 rings (SSSR count). The summed E-state index contributed by atoms with van der Waals surface area (Å²) in [6.45, 7) is 10.5. The van der Waals surface area contributed by atoms with Crippen molar-refractivity contribution in [1.29, 1.82) is 0 Å². The van der Waals surface area contributed by atoms with Crippen LogP contribution in [-0.4, -0.2) is 25.9 Å². The van der Waals surface area contributed by atoms with Crippen molar-refractivity contribution >= 4 is 23.4 Å². The van der Waals surface area contributed by atoms with E-state index in [0.717, 1.165) is 22.6 Å². The van der Waals surface area contributed by atoms with Crippen molar-refractivity contribution in [1.82, 2.24) is 14.8 Å². The third-order valence-electron chi connectivity index (χ3n) is 4.43. The Bertz CT molecular complexity index is 1010. The van der Waals surface area contributed by atoms with Crippen molar-refractivity contribution in [2.75, 3.05) is 5.32 Å². The molecule has 30 heavy (non-hydrogen) atoms. The number of nitrogens with one attached hydrogen (secondary N) is 1. The molecule has 0 unspecified atom stereocenters. The number of hydrogen-bond donors (Lipinski definition) is 1. The van der Waals surface area contributed by atoms with E-state index in [1.165, 1.54) is 11.8 Å². The number of carbonyl (C=O) groups excluding carboxylic acids is 1. The van der Waals surface area contributed by atoms with Crippen molar-refractivity contribution in [2.45, 2.75) is 44.3 Å². The molecule has 0 saturated heterocycles. The topological polar surface area (TPSA) is 69.0 Å². The van der Waals surface area contributed by atoms with Gasteiger partial charge in [-0.05, 0) is 50.6 Å². The number of aryl methyl sites for hydroxylation is 2. The first-order valence-corrected chi connectivity index (χ1v) is 10.6. The standard InChI is InChI=1S/C23H26N4O2S/c1-5-13-27-21(15-29-20-8-6-7-17(3)14-20)25-26-23(27)30-18(4)22(28)24-19-11-9-16(2)10-12-19/h5-12,14,18H,1,13,15H2,2-4H3,(H,24,28)/t18-/m0/s1. The molecule has 0 fully saturated rings. The summed E-state index contributed by atoms with van der Waals surface area (Å²) in [6.07, 6.45) is 1.78. The quantitative estimate of drug-likeness (QED) is 0.397. The van der Waals surface area contributed by atoms with E-state index in [4.69, 9.17) is 4.74 Å². The minimum absolute atomic E-state index is 0.0884. The average Bonchev–Trinajstić information content (AvgIpc) is 3.10. The first-order chi connectivity index (χ1) is 14.5. The molecule has 0 bridgehead atoms. The van der Waals surface area contributed by atoms with Gasteiger partial charge < -0.3 is 10.1 Å². The van der Waals surface area contributed by atoms with Gasteiger partial charge in [0.2, 0.25) is 5.91 Å². The molecule has 1 atom stereocenters. The summed E-state index contributed by atoms with van der Waals surface area (Å²) in [4.78, 5) is 12.6. The van der Waals surface area contributed by atoms with Gasteiger partial charge in [0.05, 0.1) is 5.25 Å².